The Bertz CT molecular complexity index is 531. The van der Waals surface area contributed by atoms with Crippen LogP contribution in [0.1, 0.15) is 15.9 Å². The lowest BCUT2D eigenvalue weighted by Crippen LogP contribution is -2.36. The van der Waals surface area contributed by atoms with E-state index in [2.05, 4.69) is 10.6 Å². The number of nitrogens with one attached hydrogen (secondary N) is 2. The summed E-state index contributed by atoms with van der Waals surface area (Å²) in [5.41, 5.74) is 1.08. The highest BCUT2D eigenvalue weighted by Crippen LogP contribution is 2.23. The van der Waals surface area contributed by atoms with Crippen LogP contribution in [0.4, 0.5) is 10.5 Å². The van der Waals surface area contributed by atoms with Crippen LogP contribution in [0.2, 0.25) is 0 Å². The maximum absolute atomic E-state index is 11.9. The third kappa shape index (κ3) is 4.57. The van der Waals surface area contributed by atoms with Gasteiger partial charge < -0.3 is 15.7 Å². The molecule has 1 heterocycles. The molecule has 2 amide bonds. The molecule has 1 aliphatic heterocycles. The van der Waals surface area contributed by atoms with E-state index in [1.165, 1.54) is 5.75 Å². The molecule has 1 aromatic carbocycles. The minimum atomic E-state index is -1.04. The summed E-state index contributed by atoms with van der Waals surface area (Å²) < 4.78 is 0. The molecule has 0 bridgehead atoms. The Kier molecular flexibility index (Phi) is 5.81. The number of aromatic carboxylic acids is 1. The summed E-state index contributed by atoms with van der Waals surface area (Å²) in [4.78, 5) is 23.2. The average Bonchev–Trinajstić information content (AvgIpc) is 2.46. The number of carboxylic acids is 1. The van der Waals surface area contributed by atoms with E-state index >= 15 is 0 Å². The lowest BCUT2D eigenvalue weighted by Gasteiger charge is -2.21. The number of amides is 2. The number of carbonyl (C=O) groups excluding carboxylic acids is 1. The van der Waals surface area contributed by atoms with Crippen molar-refractivity contribution in [3.63, 3.8) is 0 Å². The predicted molar refractivity (Wildman–Crippen MR) is 88.7 cm³/mol. The molecule has 3 N–H and O–H groups in total. The number of urea groups is 1. The van der Waals surface area contributed by atoms with Gasteiger partial charge in [0, 0.05) is 29.1 Å². The standard InChI is InChI=1S/C14H18N2O3S2/c1-9-3-2-4-11(12(9)13(17)18)16-14(19)15-7-10-8-20-5-6-21-10/h2-4,10H,5-8H2,1H3,(H,17,18)(H2,15,16,19). The first-order valence-corrected chi connectivity index (χ1v) is 8.85. The fourth-order valence-electron chi connectivity index (χ4n) is 2.08. The number of benzene rings is 1. The van der Waals surface area contributed by atoms with Crippen LogP contribution in [0.15, 0.2) is 18.2 Å². The number of anilines is 1. The summed E-state index contributed by atoms with van der Waals surface area (Å²) >= 11 is 3.76. The summed E-state index contributed by atoms with van der Waals surface area (Å²) in [6.45, 7) is 2.31. The molecule has 0 aliphatic carbocycles. The fourth-order valence-corrected chi connectivity index (χ4v) is 4.70. The van der Waals surface area contributed by atoms with Gasteiger partial charge in [-0.05, 0) is 18.6 Å². The van der Waals surface area contributed by atoms with Gasteiger partial charge in [0.15, 0.2) is 0 Å². The summed E-state index contributed by atoms with van der Waals surface area (Å²) in [5, 5.41) is 15.1. The molecule has 1 aliphatic rings. The third-order valence-corrected chi connectivity index (χ3v) is 5.95. The smallest absolute Gasteiger partial charge is 0.338 e. The molecule has 2 rings (SSSR count). The molecule has 1 saturated heterocycles. The highest BCUT2D eigenvalue weighted by molar-refractivity contribution is 8.06. The zero-order valence-corrected chi connectivity index (χ0v) is 13.4. The van der Waals surface area contributed by atoms with Crippen molar-refractivity contribution in [2.24, 2.45) is 0 Å². The van der Waals surface area contributed by atoms with Crippen LogP contribution in [0.3, 0.4) is 0 Å². The monoisotopic (exact) mass is 326 g/mol. The zero-order valence-electron chi connectivity index (χ0n) is 11.7. The minimum absolute atomic E-state index is 0.134. The van der Waals surface area contributed by atoms with Gasteiger partial charge in [0.1, 0.15) is 0 Å². The molecule has 0 saturated carbocycles. The molecular weight excluding hydrogens is 308 g/mol. The second kappa shape index (κ2) is 7.61. The SMILES string of the molecule is Cc1cccc(NC(=O)NCC2CSCCS2)c1C(=O)O. The van der Waals surface area contributed by atoms with Gasteiger partial charge in [-0.3, -0.25) is 0 Å². The van der Waals surface area contributed by atoms with Crippen LogP contribution in [0.5, 0.6) is 0 Å². The molecule has 1 unspecified atom stereocenters. The quantitative estimate of drug-likeness (QED) is 0.793. The summed E-state index contributed by atoms with van der Waals surface area (Å²) in [6, 6.07) is 4.67. The number of aryl methyl sites for hydroxylation is 1. The Hall–Kier alpha value is -1.34. The summed E-state index contributed by atoms with van der Waals surface area (Å²) in [5.74, 6) is 2.27. The van der Waals surface area contributed by atoms with E-state index in [4.69, 9.17) is 0 Å². The number of carboxylic acid groups (broad SMARTS) is 1. The lowest BCUT2D eigenvalue weighted by molar-refractivity contribution is 0.0697. The van der Waals surface area contributed by atoms with Gasteiger partial charge in [-0.1, -0.05) is 12.1 Å². The number of hydrogen-bond donors (Lipinski definition) is 3. The Morgan fingerprint density at radius 3 is 2.86 bits per heavy atom. The van der Waals surface area contributed by atoms with Crippen molar-refractivity contribution in [3.8, 4) is 0 Å². The van der Waals surface area contributed by atoms with Crippen molar-refractivity contribution in [1.29, 1.82) is 0 Å². The molecule has 0 spiro atoms. The Labute approximate surface area is 132 Å². The van der Waals surface area contributed by atoms with E-state index in [0.29, 0.717) is 23.0 Å². The lowest BCUT2D eigenvalue weighted by atomic mass is 10.1. The first-order chi connectivity index (χ1) is 10.1. The largest absolute Gasteiger partial charge is 0.478 e. The summed E-state index contributed by atoms with van der Waals surface area (Å²) in [7, 11) is 0. The predicted octanol–water partition coefficient (Wildman–Crippen LogP) is 2.66. The minimum Gasteiger partial charge on any atom is -0.478 e. The third-order valence-electron chi connectivity index (χ3n) is 3.11. The average molecular weight is 326 g/mol. The van der Waals surface area contributed by atoms with E-state index in [-0.39, 0.29) is 11.6 Å². The van der Waals surface area contributed by atoms with Crippen LogP contribution in [-0.2, 0) is 0 Å². The molecule has 1 fully saturated rings. The molecule has 5 nitrogen and oxygen atoms in total. The van der Waals surface area contributed by atoms with Crippen LogP contribution in [-0.4, -0.2) is 46.2 Å². The molecular formula is C14H18N2O3S2. The molecule has 7 heteroatoms. The molecule has 21 heavy (non-hydrogen) atoms. The van der Waals surface area contributed by atoms with Gasteiger partial charge in [-0.15, -0.1) is 0 Å². The first kappa shape index (κ1) is 16.0. The number of hydrogen-bond acceptors (Lipinski definition) is 4. The number of carbonyl (C=O) groups is 2. The first-order valence-electron chi connectivity index (χ1n) is 6.65. The Morgan fingerprint density at radius 2 is 2.19 bits per heavy atom. The van der Waals surface area contributed by atoms with Crippen LogP contribution in [0, 0.1) is 6.92 Å². The molecule has 1 atom stereocenters. The Morgan fingerprint density at radius 1 is 1.38 bits per heavy atom. The molecule has 114 valence electrons. The van der Waals surface area contributed by atoms with Crippen molar-refractivity contribution >= 4 is 41.2 Å². The van der Waals surface area contributed by atoms with Crippen molar-refractivity contribution in [2.45, 2.75) is 12.2 Å². The number of thioether (sulfide) groups is 2. The Balaban J connectivity index is 1.93. The van der Waals surface area contributed by atoms with Crippen LogP contribution >= 0.6 is 23.5 Å². The maximum Gasteiger partial charge on any atom is 0.338 e. The van der Waals surface area contributed by atoms with Gasteiger partial charge in [0.05, 0.1) is 11.3 Å². The van der Waals surface area contributed by atoms with Crippen molar-refractivity contribution in [2.75, 3.05) is 29.1 Å². The molecule has 0 aromatic heterocycles. The van der Waals surface area contributed by atoms with E-state index in [9.17, 15) is 14.7 Å². The van der Waals surface area contributed by atoms with Crippen molar-refractivity contribution in [1.82, 2.24) is 5.32 Å². The van der Waals surface area contributed by atoms with Crippen LogP contribution in [0.25, 0.3) is 0 Å². The normalized spacial score (nSPS) is 18.0. The second-order valence-corrected chi connectivity index (χ2v) is 7.26. The van der Waals surface area contributed by atoms with Gasteiger partial charge >= 0.3 is 12.0 Å². The molecule has 0 radical (unpaired) electrons. The topological polar surface area (TPSA) is 78.4 Å². The molecule has 1 aromatic rings. The highest BCUT2D eigenvalue weighted by Gasteiger charge is 2.17. The van der Waals surface area contributed by atoms with Crippen molar-refractivity contribution < 1.29 is 14.7 Å². The highest BCUT2D eigenvalue weighted by atomic mass is 32.2. The van der Waals surface area contributed by atoms with Crippen molar-refractivity contribution in [3.05, 3.63) is 29.3 Å². The van der Waals surface area contributed by atoms with Crippen LogP contribution < -0.4 is 10.6 Å². The van der Waals surface area contributed by atoms with Gasteiger partial charge in [0.2, 0.25) is 0 Å². The van der Waals surface area contributed by atoms with E-state index in [0.717, 1.165) is 11.5 Å². The summed E-state index contributed by atoms with van der Waals surface area (Å²) in [6.07, 6.45) is 0. The maximum atomic E-state index is 11.9. The second-order valence-electron chi connectivity index (χ2n) is 4.71. The number of rotatable bonds is 4. The van der Waals surface area contributed by atoms with E-state index in [1.807, 2.05) is 23.5 Å². The fraction of sp³-hybridized carbons (Fsp3) is 0.429. The van der Waals surface area contributed by atoms with E-state index < -0.39 is 5.97 Å². The zero-order chi connectivity index (χ0) is 15.2. The van der Waals surface area contributed by atoms with Gasteiger partial charge in [-0.2, -0.15) is 23.5 Å². The van der Waals surface area contributed by atoms with Gasteiger partial charge in [0.25, 0.3) is 0 Å². The van der Waals surface area contributed by atoms with E-state index in [1.54, 1.807) is 25.1 Å². The van der Waals surface area contributed by atoms with Gasteiger partial charge in [-0.25, -0.2) is 9.59 Å².